The third-order valence-electron chi connectivity index (χ3n) is 3.43. The molecule has 0 aliphatic heterocycles. The monoisotopic (exact) mass is 316 g/mol. The van der Waals surface area contributed by atoms with Crippen molar-refractivity contribution in [3.8, 4) is 0 Å². The smallest absolute Gasteiger partial charge is 0.123 e. The second-order valence-electron chi connectivity index (χ2n) is 4.72. The Hall–Kier alpha value is -0.450. The van der Waals surface area contributed by atoms with Crippen molar-refractivity contribution in [1.82, 2.24) is 4.90 Å². The summed E-state index contributed by atoms with van der Waals surface area (Å²) >= 11 is 3.48. The maximum atomic E-state index is 13.4. The fraction of sp³-hybridized carbons (Fsp3) is 0.571. The van der Waals surface area contributed by atoms with Gasteiger partial charge in [-0.2, -0.15) is 0 Å². The molecular formula is C14H22BrFN2. The van der Waals surface area contributed by atoms with Gasteiger partial charge >= 0.3 is 0 Å². The zero-order chi connectivity index (χ0) is 13.7. The van der Waals surface area contributed by atoms with Crippen LogP contribution in [0.4, 0.5) is 4.39 Å². The number of likely N-dealkylation sites (N-methyl/N-ethyl adjacent to an activating group) is 1. The average molecular weight is 317 g/mol. The van der Waals surface area contributed by atoms with Crippen LogP contribution in [-0.4, -0.2) is 24.5 Å². The van der Waals surface area contributed by atoms with Gasteiger partial charge in [-0.1, -0.05) is 29.3 Å². The molecule has 1 aromatic rings. The molecule has 2 nitrogen and oxygen atoms in total. The summed E-state index contributed by atoms with van der Waals surface area (Å²) in [5.74, 6) is -0.219. The molecule has 18 heavy (non-hydrogen) atoms. The number of rotatable bonds is 6. The summed E-state index contributed by atoms with van der Waals surface area (Å²) in [6, 6.07) is 5.23. The number of hydrogen-bond donors (Lipinski definition) is 1. The molecule has 1 aromatic carbocycles. The van der Waals surface area contributed by atoms with E-state index in [0.29, 0.717) is 12.6 Å². The van der Waals surface area contributed by atoms with Crippen LogP contribution >= 0.6 is 15.9 Å². The molecule has 0 aromatic heterocycles. The molecule has 0 aliphatic rings. The van der Waals surface area contributed by atoms with E-state index in [0.717, 1.165) is 22.9 Å². The topological polar surface area (TPSA) is 29.3 Å². The zero-order valence-corrected chi connectivity index (χ0v) is 12.9. The van der Waals surface area contributed by atoms with Gasteiger partial charge in [-0.3, -0.25) is 4.90 Å². The molecule has 102 valence electrons. The van der Waals surface area contributed by atoms with E-state index in [9.17, 15) is 4.39 Å². The molecule has 2 N–H and O–H groups in total. The minimum atomic E-state index is -0.219. The van der Waals surface area contributed by atoms with Crippen molar-refractivity contribution in [1.29, 1.82) is 0 Å². The lowest BCUT2D eigenvalue weighted by atomic mass is 10.0. The summed E-state index contributed by atoms with van der Waals surface area (Å²) in [7, 11) is 2.05. The maximum absolute atomic E-state index is 13.4. The summed E-state index contributed by atoms with van der Waals surface area (Å²) in [6.45, 7) is 4.83. The number of hydrogen-bond acceptors (Lipinski definition) is 2. The Morgan fingerprint density at radius 3 is 2.67 bits per heavy atom. The van der Waals surface area contributed by atoms with Gasteiger partial charge in [-0.15, -0.1) is 0 Å². The molecule has 0 saturated heterocycles. The van der Waals surface area contributed by atoms with E-state index in [-0.39, 0.29) is 11.9 Å². The fourth-order valence-corrected chi connectivity index (χ4v) is 2.72. The predicted octanol–water partition coefficient (Wildman–Crippen LogP) is 3.71. The Morgan fingerprint density at radius 1 is 1.44 bits per heavy atom. The zero-order valence-electron chi connectivity index (χ0n) is 11.3. The molecule has 2 atom stereocenters. The molecule has 0 saturated carbocycles. The van der Waals surface area contributed by atoms with Gasteiger partial charge in [0.25, 0.3) is 0 Å². The minimum absolute atomic E-state index is 0.0385. The minimum Gasteiger partial charge on any atom is -0.329 e. The molecule has 0 amide bonds. The second kappa shape index (κ2) is 7.22. The van der Waals surface area contributed by atoms with Gasteiger partial charge in [-0.05, 0) is 44.2 Å². The third kappa shape index (κ3) is 3.77. The van der Waals surface area contributed by atoms with E-state index in [4.69, 9.17) is 5.73 Å². The first-order valence-electron chi connectivity index (χ1n) is 6.38. The Bertz CT molecular complexity index is 384. The molecule has 2 unspecified atom stereocenters. The van der Waals surface area contributed by atoms with Crippen molar-refractivity contribution in [2.75, 3.05) is 13.6 Å². The van der Waals surface area contributed by atoms with Crippen molar-refractivity contribution < 1.29 is 4.39 Å². The van der Waals surface area contributed by atoms with Gasteiger partial charge in [0.05, 0.1) is 0 Å². The molecule has 0 bridgehead atoms. The normalized spacial score (nSPS) is 14.8. The first-order valence-corrected chi connectivity index (χ1v) is 7.17. The summed E-state index contributed by atoms with van der Waals surface area (Å²) in [5, 5.41) is 0. The lowest BCUT2D eigenvalue weighted by Gasteiger charge is -2.33. The van der Waals surface area contributed by atoms with Crippen LogP contribution in [0, 0.1) is 5.82 Å². The first kappa shape index (κ1) is 15.6. The quantitative estimate of drug-likeness (QED) is 0.867. The first-order chi connectivity index (χ1) is 8.51. The van der Waals surface area contributed by atoms with Crippen LogP contribution in [0.2, 0.25) is 0 Å². The fourth-order valence-electron chi connectivity index (χ4n) is 2.21. The van der Waals surface area contributed by atoms with E-state index in [2.05, 4.69) is 41.7 Å². The lowest BCUT2D eigenvalue weighted by molar-refractivity contribution is 0.179. The standard InChI is InChI=1S/C14H22BrFN2/c1-4-5-10(2)18(3)14(9-17)12-8-11(16)6-7-13(12)15/h6-8,10,14H,4-5,9,17H2,1-3H3. The summed E-state index contributed by atoms with van der Waals surface area (Å²) in [4.78, 5) is 2.23. The van der Waals surface area contributed by atoms with E-state index in [1.54, 1.807) is 12.1 Å². The molecule has 0 fully saturated rings. The van der Waals surface area contributed by atoms with Crippen molar-refractivity contribution >= 4 is 15.9 Å². The van der Waals surface area contributed by atoms with Crippen LogP contribution in [-0.2, 0) is 0 Å². The van der Waals surface area contributed by atoms with Crippen molar-refractivity contribution in [3.63, 3.8) is 0 Å². The molecule has 1 rings (SSSR count). The number of nitrogens with zero attached hydrogens (tertiary/aromatic N) is 1. The maximum Gasteiger partial charge on any atom is 0.123 e. The van der Waals surface area contributed by atoms with Crippen molar-refractivity contribution in [3.05, 3.63) is 34.1 Å². The highest BCUT2D eigenvalue weighted by molar-refractivity contribution is 9.10. The molecule has 0 aliphatic carbocycles. The van der Waals surface area contributed by atoms with Gasteiger partial charge < -0.3 is 5.73 Å². The van der Waals surface area contributed by atoms with Crippen molar-refractivity contribution in [2.24, 2.45) is 5.73 Å². The Kier molecular flexibility index (Phi) is 6.26. The SMILES string of the molecule is CCCC(C)N(C)C(CN)c1cc(F)ccc1Br. The third-order valence-corrected chi connectivity index (χ3v) is 4.16. The Morgan fingerprint density at radius 2 is 2.11 bits per heavy atom. The molecule has 0 spiro atoms. The summed E-state index contributed by atoms with van der Waals surface area (Å²) in [6.07, 6.45) is 2.24. The lowest BCUT2D eigenvalue weighted by Crippen LogP contribution is -2.37. The van der Waals surface area contributed by atoms with Gasteiger partial charge in [0.1, 0.15) is 5.82 Å². The van der Waals surface area contributed by atoms with Crippen LogP contribution in [0.1, 0.15) is 38.3 Å². The van der Waals surface area contributed by atoms with E-state index < -0.39 is 0 Å². The highest BCUT2D eigenvalue weighted by Crippen LogP contribution is 2.29. The number of benzene rings is 1. The van der Waals surface area contributed by atoms with E-state index in [1.165, 1.54) is 6.07 Å². The van der Waals surface area contributed by atoms with Crippen molar-refractivity contribution in [2.45, 2.75) is 38.8 Å². The van der Waals surface area contributed by atoms with E-state index in [1.807, 2.05) is 0 Å². The van der Waals surface area contributed by atoms with Crippen LogP contribution in [0.15, 0.2) is 22.7 Å². The van der Waals surface area contributed by atoms with Crippen LogP contribution < -0.4 is 5.73 Å². The van der Waals surface area contributed by atoms with Crippen LogP contribution in [0.25, 0.3) is 0 Å². The predicted molar refractivity (Wildman–Crippen MR) is 78.0 cm³/mol. The number of halogens is 2. The Labute approximate surface area is 117 Å². The summed E-state index contributed by atoms with van der Waals surface area (Å²) in [5.41, 5.74) is 6.79. The van der Waals surface area contributed by atoms with E-state index >= 15 is 0 Å². The van der Waals surface area contributed by atoms with Gasteiger partial charge in [-0.25, -0.2) is 4.39 Å². The molecular weight excluding hydrogens is 295 g/mol. The highest BCUT2D eigenvalue weighted by Gasteiger charge is 2.22. The number of nitrogens with two attached hydrogens (primary N) is 1. The van der Waals surface area contributed by atoms with Crippen LogP contribution in [0.3, 0.4) is 0 Å². The molecule has 0 radical (unpaired) electrons. The highest BCUT2D eigenvalue weighted by atomic mass is 79.9. The molecule has 0 heterocycles. The second-order valence-corrected chi connectivity index (χ2v) is 5.57. The Balaban J connectivity index is 2.98. The average Bonchev–Trinajstić information content (AvgIpc) is 2.34. The van der Waals surface area contributed by atoms with Crippen LogP contribution in [0.5, 0.6) is 0 Å². The van der Waals surface area contributed by atoms with Gasteiger partial charge in [0, 0.05) is 23.1 Å². The summed E-state index contributed by atoms with van der Waals surface area (Å²) < 4.78 is 14.3. The molecule has 4 heteroatoms. The van der Waals surface area contributed by atoms with Gasteiger partial charge in [0.2, 0.25) is 0 Å². The van der Waals surface area contributed by atoms with Gasteiger partial charge in [0.15, 0.2) is 0 Å². The largest absolute Gasteiger partial charge is 0.329 e.